The quantitative estimate of drug-likeness (QED) is 0.371. The number of ether oxygens (including phenoxy) is 1. The third-order valence-corrected chi connectivity index (χ3v) is 7.54. The van der Waals surface area contributed by atoms with Crippen LogP contribution in [-0.4, -0.2) is 37.3 Å². The minimum atomic E-state index is -0.129. The summed E-state index contributed by atoms with van der Waals surface area (Å²) in [7, 11) is 2.13. The molecule has 37 heavy (non-hydrogen) atoms. The van der Waals surface area contributed by atoms with Gasteiger partial charge in [-0.05, 0) is 86.1 Å². The molecule has 5 nitrogen and oxygen atoms in total. The molecule has 0 aliphatic carbocycles. The van der Waals surface area contributed by atoms with Crippen molar-refractivity contribution in [1.82, 2.24) is 5.32 Å². The molecule has 0 aromatic heterocycles. The molecule has 3 aromatic carbocycles. The van der Waals surface area contributed by atoms with E-state index in [0.29, 0.717) is 18.2 Å². The molecule has 5 heteroatoms. The van der Waals surface area contributed by atoms with Crippen LogP contribution in [0.2, 0.25) is 0 Å². The molecule has 0 saturated carbocycles. The third-order valence-electron chi connectivity index (χ3n) is 7.54. The Morgan fingerprint density at radius 1 is 1.00 bits per heavy atom. The van der Waals surface area contributed by atoms with Gasteiger partial charge in [0, 0.05) is 49.7 Å². The first-order valence-electron chi connectivity index (χ1n) is 13.4. The molecule has 1 saturated heterocycles. The van der Waals surface area contributed by atoms with Crippen molar-refractivity contribution in [2.24, 2.45) is 0 Å². The minimum Gasteiger partial charge on any atom is -0.508 e. The summed E-state index contributed by atoms with van der Waals surface area (Å²) in [6, 6.07) is 16.9. The van der Waals surface area contributed by atoms with Crippen molar-refractivity contribution in [2.75, 3.05) is 25.2 Å². The number of phenols is 1. The summed E-state index contributed by atoms with van der Waals surface area (Å²) in [6.07, 6.45) is 3.78. The highest BCUT2D eigenvalue weighted by atomic mass is 16.5. The van der Waals surface area contributed by atoms with Crippen LogP contribution < -0.4 is 10.2 Å². The maximum Gasteiger partial charge on any atom is 0.251 e. The van der Waals surface area contributed by atoms with Crippen molar-refractivity contribution in [3.63, 3.8) is 0 Å². The smallest absolute Gasteiger partial charge is 0.251 e. The van der Waals surface area contributed by atoms with Gasteiger partial charge in [-0.2, -0.15) is 0 Å². The van der Waals surface area contributed by atoms with E-state index in [1.165, 1.54) is 5.56 Å². The Balaban J connectivity index is 1.69. The number of aryl methyl sites for hydroxylation is 3. The molecule has 0 radical (unpaired) electrons. The lowest BCUT2D eigenvalue weighted by Gasteiger charge is -2.34. The summed E-state index contributed by atoms with van der Waals surface area (Å²) in [5.74, 6) is 0.115. The number of rotatable bonds is 8. The zero-order chi connectivity index (χ0) is 26.5. The van der Waals surface area contributed by atoms with Gasteiger partial charge in [0.2, 0.25) is 0 Å². The van der Waals surface area contributed by atoms with Gasteiger partial charge in [-0.1, -0.05) is 49.2 Å². The van der Waals surface area contributed by atoms with E-state index >= 15 is 0 Å². The van der Waals surface area contributed by atoms with Crippen LogP contribution in [0.15, 0.2) is 48.5 Å². The van der Waals surface area contributed by atoms with Crippen molar-refractivity contribution < 1.29 is 14.6 Å². The summed E-state index contributed by atoms with van der Waals surface area (Å²) in [5.41, 5.74) is 8.92. The fourth-order valence-corrected chi connectivity index (χ4v) is 5.31. The molecular formula is C32H40N2O3. The van der Waals surface area contributed by atoms with E-state index in [0.717, 1.165) is 78.0 Å². The number of carbonyl (C=O) groups excluding carboxylic acids is 1. The predicted octanol–water partition coefficient (Wildman–Crippen LogP) is 6.48. The average molecular weight is 501 g/mol. The van der Waals surface area contributed by atoms with Gasteiger partial charge in [0.1, 0.15) is 5.75 Å². The van der Waals surface area contributed by atoms with E-state index in [1.54, 1.807) is 6.07 Å². The van der Waals surface area contributed by atoms with Crippen molar-refractivity contribution in [3.8, 4) is 16.9 Å². The Kier molecular flexibility index (Phi) is 8.55. The fourth-order valence-electron chi connectivity index (χ4n) is 5.31. The first-order valence-corrected chi connectivity index (χ1v) is 13.4. The summed E-state index contributed by atoms with van der Waals surface area (Å²) in [4.78, 5) is 16.0. The van der Waals surface area contributed by atoms with Gasteiger partial charge in [-0.25, -0.2) is 0 Å². The van der Waals surface area contributed by atoms with Crippen LogP contribution in [0.25, 0.3) is 11.1 Å². The second-order valence-electron chi connectivity index (χ2n) is 10.3. The summed E-state index contributed by atoms with van der Waals surface area (Å²) < 4.78 is 5.59. The number of hydrogen-bond acceptors (Lipinski definition) is 4. The molecule has 0 unspecified atom stereocenters. The van der Waals surface area contributed by atoms with Crippen LogP contribution in [0.1, 0.15) is 64.4 Å². The topological polar surface area (TPSA) is 61.8 Å². The van der Waals surface area contributed by atoms with Gasteiger partial charge in [-0.15, -0.1) is 0 Å². The molecule has 1 aliphatic heterocycles. The molecule has 1 fully saturated rings. The van der Waals surface area contributed by atoms with Gasteiger partial charge in [0.05, 0.1) is 0 Å². The number of carbonyl (C=O) groups is 1. The summed E-state index contributed by atoms with van der Waals surface area (Å²) in [6.45, 7) is 10.0. The van der Waals surface area contributed by atoms with Crippen LogP contribution >= 0.6 is 0 Å². The van der Waals surface area contributed by atoms with Gasteiger partial charge in [-0.3, -0.25) is 4.79 Å². The van der Waals surface area contributed by atoms with Crippen LogP contribution in [-0.2, 0) is 17.7 Å². The lowest BCUT2D eigenvalue weighted by atomic mass is 9.95. The van der Waals surface area contributed by atoms with Crippen molar-refractivity contribution in [2.45, 2.75) is 66.0 Å². The zero-order valence-corrected chi connectivity index (χ0v) is 22.9. The van der Waals surface area contributed by atoms with E-state index in [1.807, 2.05) is 19.9 Å². The van der Waals surface area contributed by atoms with E-state index in [4.69, 9.17) is 4.74 Å². The number of anilines is 1. The van der Waals surface area contributed by atoms with Gasteiger partial charge >= 0.3 is 0 Å². The molecular weight excluding hydrogens is 460 g/mol. The zero-order valence-electron chi connectivity index (χ0n) is 22.9. The molecule has 2 N–H and O–H groups in total. The minimum absolute atomic E-state index is 0.129. The normalized spacial score (nSPS) is 14.0. The van der Waals surface area contributed by atoms with Crippen LogP contribution in [0.5, 0.6) is 5.75 Å². The molecule has 0 bridgehead atoms. The Morgan fingerprint density at radius 2 is 1.70 bits per heavy atom. The first-order chi connectivity index (χ1) is 17.8. The molecule has 1 aliphatic rings. The van der Waals surface area contributed by atoms with E-state index < -0.39 is 0 Å². The largest absolute Gasteiger partial charge is 0.508 e. The fraction of sp³-hybridized carbons (Fsp3) is 0.406. The van der Waals surface area contributed by atoms with Crippen LogP contribution in [0.3, 0.4) is 0 Å². The molecule has 1 amide bonds. The monoisotopic (exact) mass is 500 g/mol. The lowest BCUT2D eigenvalue weighted by Crippen LogP contribution is -2.37. The number of amides is 1. The highest BCUT2D eigenvalue weighted by Crippen LogP contribution is 2.33. The Bertz CT molecular complexity index is 1240. The van der Waals surface area contributed by atoms with E-state index in [2.05, 4.69) is 67.5 Å². The third kappa shape index (κ3) is 6.16. The Labute approximate surface area is 221 Å². The molecule has 196 valence electrons. The SMILES string of the molecule is CCCc1cc(C)cc(O)c1CNC(=O)c1cc(-c2ccc(C)cc2)cc(N(C)C2CCOCC2)c1C. The first kappa shape index (κ1) is 26.7. The molecule has 0 spiro atoms. The molecule has 3 aromatic rings. The summed E-state index contributed by atoms with van der Waals surface area (Å²) >= 11 is 0. The highest BCUT2D eigenvalue weighted by molar-refractivity contribution is 5.99. The van der Waals surface area contributed by atoms with E-state index in [-0.39, 0.29) is 11.7 Å². The van der Waals surface area contributed by atoms with Crippen LogP contribution in [0, 0.1) is 20.8 Å². The van der Waals surface area contributed by atoms with Gasteiger partial charge in [0.15, 0.2) is 0 Å². The maximum atomic E-state index is 13.6. The number of benzene rings is 3. The van der Waals surface area contributed by atoms with Gasteiger partial charge in [0.25, 0.3) is 5.91 Å². The van der Waals surface area contributed by atoms with Crippen LogP contribution in [0.4, 0.5) is 5.69 Å². The Hall–Kier alpha value is -3.31. The second-order valence-corrected chi connectivity index (χ2v) is 10.3. The highest BCUT2D eigenvalue weighted by Gasteiger charge is 2.23. The van der Waals surface area contributed by atoms with Crippen molar-refractivity contribution in [3.05, 3.63) is 81.9 Å². The average Bonchev–Trinajstić information content (AvgIpc) is 2.89. The number of hydrogen-bond donors (Lipinski definition) is 2. The standard InChI is InChI=1S/C32H40N2O3/c1-6-7-25-16-22(3)17-31(35)29(25)20-33-32(36)28-18-26(24-10-8-21(2)9-11-24)19-30(23(28)4)34(5)27-12-14-37-15-13-27/h8-11,16-19,27,35H,6-7,12-15,20H2,1-5H3,(H,33,36). The van der Waals surface area contributed by atoms with Gasteiger partial charge < -0.3 is 20.1 Å². The van der Waals surface area contributed by atoms with Crippen molar-refractivity contribution in [1.29, 1.82) is 0 Å². The molecule has 1 heterocycles. The van der Waals surface area contributed by atoms with E-state index in [9.17, 15) is 9.90 Å². The number of nitrogens with one attached hydrogen (secondary N) is 1. The second kappa shape index (κ2) is 11.8. The number of phenolic OH excluding ortho intramolecular Hbond substituents is 1. The molecule has 0 atom stereocenters. The predicted molar refractivity (Wildman–Crippen MR) is 152 cm³/mol. The Morgan fingerprint density at radius 3 is 2.38 bits per heavy atom. The lowest BCUT2D eigenvalue weighted by molar-refractivity contribution is 0.0854. The number of aromatic hydroxyl groups is 1. The summed E-state index contributed by atoms with van der Waals surface area (Å²) in [5, 5.41) is 13.8. The maximum absolute atomic E-state index is 13.6. The number of nitrogens with zero attached hydrogens (tertiary/aromatic N) is 1. The van der Waals surface area contributed by atoms with Crippen molar-refractivity contribution >= 4 is 11.6 Å². The molecule has 4 rings (SSSR count).